The summed E-state index contributed by atoms with van der Waals surface area (Å²) in [7, 11) is 4.28. The first-order valence-electron chi connectivity index (χ1n) is 12.3. The van der Waals surface area contributed by atoms with Gasteiger partial charge in [0.25, 0.3) is 0 Å². The number of esters is 2. The number of carbonyl (C=O) groups excluding carboxylic acids is 3. The van der Waals surface area contributed by atoms with E-state index < -0.39 is 35.6 Å². The predicted molar refractivity (Wildman–Crippen MR) is 137 cm³/mol. The summed E-state index contributed by atoms with van der Waals surface area (Å²) in [6, 6.07) is 5.72. The molecule has 208 valence electrons. The van der Waals surface area contributed by atoms with Gasteiger partial charge in [-0.3, -0.25) is 14.4 Å². The molecular weight excluding hydrogens is 497 g/mol. The average Bonchev–Trinajstić information content (AvgIpc) is 2.87. The molecule has 0 bridgehead atoms. The van der Waals surface area contributed by atoms with E-state index in [1.54, 1.807) is 19.9 Å². The molecule has 10 heteroatoms. The molecule has 1 heterocycles. The topological polar surface area (TPSA) is 110 Å². The quantitative estimate of drug-likeness (QED) is 0.251. The Morgan fingerprint density at radius 3 is 2.26 bits per heavy atom. The first kappa shape index (κ1) is 30.7. The van der Waals surface area contributed by atoms with E-state index in [4.69, 9.17) is 23.7 Å². The Labute approximate surface area is 222 Å². The normalized spacial score (nSPS) is 13.4. The van der Waals surface area contributed by atoms with Gasteiger partial charge >= 0.3 is 11.9 Å². The molecular formula is C28H36FNO8. The third kappa shape index (κ3) is 7.98. The number of ether oxygens (including phenoxy) is 5. The Morgan fingerprint density at radius 2 is 1.66 bits per heavy atom. The fourth-order valence-corrected chi connectivity index (χ4v) is 4.18. The molecule has 38 heavy (non-hydrogen) atoms. The highest BCUT2D eigenvalue weighted by atomic mass is 19.1. The molecule has 2 rings (SSSR count). The number of halogens is 1. The van der Waals surface area contributed by atoms with Crippen molar-refractivity contribution in [1.29, 1.82) is 0 Å². The smallest absolute Gasteiger partial charge is 0.313 e. The maximum atomic E-state index is 13.7. The molecule has 0 aliphatic carbocycles. The van der Waals surface area contributed by atoms with Crippen LogP contribution in [0.15, 0.2) is 30.5 Å². The van der Waals surface area contributed by atoms with Crippen LogP contribution in [0, 0.1) is 17.7 Å². The number of benzene rings is 1. The van der Waals surface area contributed by atoms with Gasteiger partial charge < -0.3 is 23.7 Å². The second kappa shape index (κ2) is 14.4. The van der Waals surface area contributed by atoms with Gasteiger partial charge in [0.15, 0.2) is 17.2 Å². The van der Waals surface area contributed by atoms with Crippen LogP contribution in [0.3, 0.4) is 0 Å². The Bertz CT molecular complexity index is 1120. The summed E-state index contributed by atoms with van der Waals surface area (Å²) in [6.07, 6.45) is 0.498. The van der Waals surface area contributed by atoms with Gasteiger partial charge in [-0.25, -0.2) is 9.37 Å². The van der Waals surface area contributed by atoms with Crippen LogP contribution in [0.2, 0.25) is 0 Å². The van der Waals surface area contributed by atoms with Gasteiger partial charge in [0, 0.05) is 43.3 Å². The number of carbonyl (C=O) groups is 3. The van der Waals surface area contributed by atoms with Crippen LogP contribution < -0.4 is 14.2 Å². The number of nitrogens with zero attached hydrogens (tertiary/aromatic N) is 1. The lowest BCUT2D eigenvalue weighted by molar-refractivity contribution is -0.154. The number of ketones is 1. The van der Waals surface area contributed by atoms with Crippen molar-refractivity contribution in [2.45, 2.75) is 52.6 Å². The van der Waals surface area contributed by atoms with Crippen LogP contribution in [0.4, 0.5) is 4.39 Å². The summed E-state index contributed by atoms with van der Waals surface area (Å²) in [5.41, 5.74) is 0.590. The van der Waals surface area contributed by atoms with Crippen LogP contribution >= 0.6 is 0 Å². The number of methoxy groups -OCH3 is 3. The van der Waals surface area contributed by atoms with E-state index in [1.807, 2.05) is 13.8 Å². The van der Waals surface area contributed by atoms with E-state index in [2.05, 4.69) is 4.98 Å². The van der Waals surface area contributed by atoms with E-state index in [0.717, 1.165) is 0 Å². The van der Waals surface area contributed by atoms with Gasteiger partial charge in [0.1, 0.15) is 17.7 Å². The van der Waals surface area contributed by atoms with Gasteiger partial charge in [-0.05, 0) is 18.9 Å². The van der Waals surface area contributed by atoms with Crippen LogP contribution in [0.1, 0.15) is 62.5 Å². The van der Waals surface area contributed by atoms with Gasteiger partial charge in [0.05, 0.1) is 33.2 Å². The first-order valence-corrected chi connectivity index (χ1v) is 12.3. The minimum Gasteiger partial charge on any atom is -0.496 e. The highest BCUT2D eigenvalue weighted by Gasteiger charge is 2.31. The predicted octanol–water partition coefficient (Wildman–Crippen LogP) is 4.76. The summed E-state index contributed by atoms with van der Waals surface area (Å²) in [5.74, 6) is -2.81. The number of hydrogen-bond donors (Lipinski definition) is 0. The summed E-state index contributed by atoms with van der Waals surface area (Å²) >= 11 is 0. The standard InChI is InChI=1S/C28H36FNO8/c1-16(2)25(20-9-8-19(29)15-23(20)36-7)18(4)37-28(33)17(3)14-21(31)26-27(22(35-6)10-12-30-26)38-24(32)11-13-34-5/h8-10,12,15-18,25H,11,13-14H2,1-7H3/t17-,18+,25-/m1/s1. The average molecular weight is 534 g/mol. The number of hydrogen-bond acceptors (Lipinski definition) is 9. The van der Waals surface area contributed by atoms with E-state index in [1.165, 1.54) is 45.7 Å². The third-order valence-electron chi connectivity index (χ3n) is 6.05. The van der Waals surface area contributed by atoms with Crippen LogP contribution in [-0.4, -0.2) is 56.7 Å². The molecule has 0 aliphatic rings. The maximum absolute atomic E-state index is 13.7. The second-order valence-corrected chi connectivity index (χ2v) is 9.23. The molecule has 9 nitrogen and oxygen atoms in total. The molecule has 0 aliphatic heterocycles. The fourth-order valence-electron chi connectivity index (χ4n) is 4.18. The van der Waals surface area contributed by atoms with E-state index in [9.17, 15) is 18.8 Å². The maximum Gasteiger partial charge on any atom is 0.313 e. The molecule has 3 atom stereocenters. The molecule has 0 amide bonds. The number of aromatic nitrogens is 1. The van der Waals surface area contributed by atoms with Crippen molar-refractivity contribution in [1.82, 2.24) is 4.98 Å². The first-order chi connectivity index (χ1) is 18.0. The lowest BCUT2D eigenvalue weighted by Gasteiger charge is -2.29. The Hall–Kier alpha value is -3.53. The van der Waals surface area contributed by atoms with Gasteiger partial charge in [-0.15, -0.1) is 0 Å². The highest BCUT2D eigenvalue weighted by molar-refractivity contribution is 6.00. The molecule has 0 saturated carbocycles. The van der Waals surface area contributed by atoms with Crippen molar-refractivity contribution in [3.05, 3.63) is 47.5 Å². The summed E-state index contributed by atoms with van der Waals surface area (Å²) in [4.78, 5) is 42.3. The zero-order valence-corrected chi connectivity index (χ0v) is 22.9. The molecule has 0 radical (unpaired) electrons. The van der Waals surface area contributed by atoms with Crippen molar-refractivity contribution in [3.8, 4) is 17.2 Å². The van der Waals surface area contributed by atoms with Crippen molar-refractivity contribution in [2.24, 2.45) is 11.8 Å². The monoisotopic (exact) mass is 533 g/mol. The minimum absolute atomic E-state index is 0.0291. The lowest BCUT2D eigenvalue weighted by atomic mass is 9.83. The van der Waals surface area contributed by atoms with E-state index >= 15 is 0 Å². The summed E-state index contributed by atoms with van der Waals surface area (Å²) in [5, 5.41) is 0. The molecule has 1 aromatic carbocycles. The minimum atomic E-state index is -0.821. The molecule has 0 saturated heterocycles. The summed E-state index contributed by atoms with van der Waals surface area (Å²) < 4.78 is 40.3. The molecule has 0 N–H and O–H groups in total. The van der Waals surface area contributed by atoms with Crippen molar-refractivity contribution < 1.29 is 42.5 Å². The van der Waals surface area contributed by atoms with Crippen LogP contribution in [0.5, 0.6) is 17.2 Å². The number of pyridine rings is 1. The van der Waals surface area contributed by atoms with E-state index in [-0.39, 0.29) is 48.5 Å². The van der Waals surface area contributed by atoms with Crippen LogP contribution in [-0.2, 0) is 19.1 Å². The largest absolute Gasteiger partial charge is 0.496 e. The van der Waals surface area contributed by atoms with E-state index in [0.29, 0.717) is 11.3 Å². The molecule has 0 spiro atoms. The van der Waals surface area contributed by atoms with Crippen LogP contribution in [0.25, 0.3) is 0 Å². The SMILES string of the molecule is COCCC(=O)Oc1c(OC)ccnc1C(=O)C[C@@H](C)C(=O)O[C@@H](C)[C@H](c1ccc(F)cc1OC)C(C)C. The highest BCUT2D eigenvalue weighted by Crippen LogP contribution is 2.37. The zero-order valence-electron chi connectivity index (χ0n) is 22.9. The second-order valence-electron chi connectivity index (χ2n) is 9.23. The molecule has 0 fully saturated rings. The third-order valence-corrected chi connectivity index (χ3v) is 6.05. The fraction of sp³-hybridized carbons (Fsp3) is 0.500. The Morgan fingerprint density at radius 1 is 0.974 bits per heavy atom. The molecule has 2 aromatic rings. The Kier molecular flexibility index (Phi) is 11.6. The van der Waals surface area contributed by atoms with Crippen molar-refractivity contribution >= 4 is 17.7 Å². The van der Waals surface area contributed by atoms with Crippen molar-refractivity contribution in [2.75, 3.05) is 27.9 Å². The lowest BCUT2D eigenvalue weighted by Crippen LogP contribution is -2.30. The Balaban J connectivity index is 2.18. The molecule has 1 aromatic heterocycles. The van der Waals surface area contributed by atoms with Gasteiger partial charge in [-0.2, -0.15) is 0 Å². The summed E-state index contributed by atoms with van der Waals surface area (Å²) in [6.45, 7) is 7.40. The number of rotatable bonds is 14. The zero-order chi connectivity index (χ0) is 28.4. The molecule has 0 unspecified atom stereocenters. The van der Waals surface area contributed by atoms with Gasteiger partial charge in [-0.1, -0.05) is 26.8 Å². The number of Topliss-reactive ketones (excluding diaryl/α,β-unsaturated/α-hetero) is 1. The van der Waals surface area contributed by atoms with Gasteiger partial charge in [0.2, 0.25) is 5.75 Å². The van der Waals surface area contributed by atoms with Crippen molar-refractivity contribution in [3.63, 3.8) is 0 Å².